The molecule has 1 aliphatic carbocycles. The molecule has 0 bridgehead atoms. The third-order valence-corrected chi connectivity index (χ3v) is 1.72. The molecule has 78 valence electrons. The second kappa shape index (κ2) is 4.88. The topological polar surface area (TPSA) is 58.6 Å². The zero-order chi connectivity index (χ0) is 10.6. The minimum absolute atomic E-state index is 0.000407. The Hall–Kier alpha value is -1.20. The third kappa shape index (κ3) is 2.65. The van der Waals surface area contributed by atoms with E-state index in [0.717, 1.165) is 5.57 Å². The Morgan fingerprint density at radius 2 is 2.50 bits per heavy atom. The summed E-state index contributed by atoms with van der Waals surface area (Å²) in [6, 6.07) is 0. The monoisotopic (exact) mass is 201 g/mol. The number of aliphatic hydroxyl groups excluding tert-OH is 1. The first-order valence-corrected chi connectivity index (χ1v) is 4.24. The molecule has 1 aliphatic rings. The number of halogens is 1. The first-order chi connectivity index (χ1) is 6.65. The average Bonchev–Trinajstić information content (AvgIpc) is 2.45. The lowest BCUT2D eigenvalue weighted by atomic mass is 10.2. The van der Waals surface area contributed by atoms with Crippen LogP contribution in [0.1, 0.15) is 13.3 Å². The highest BCUT2D eigenvalue weighted by atomic mass is 19.1. The highest BCUT2D eigenvalue weighted by molar-refractivity contribution is 5.97. The lowest BCUT2D eigenvalue weighted by Crippen LogP contribution is -2.26. The van der Waals surface area contributed by atoms with Gasteiger partial charge in [0.25, 0.3) is 5.91 Å². The van der Waals surface area contributed by atoms with E-state index in [2.05, 4.69) is 4.84 Å². The Morgan fingerprint density at radius 1 is 1.79 bits per heavy atom. The predicted octanol–water partition coefficient (Wildman–Crippen LogP) is 0.600. The van der Waals surface area contributed by atoms with Crippen LogP contribution in [0.15, 0.2) is 23.0 Å². The number of aliphatic hydroxyl groups is 1. The van der Waals surface area contributed by atoms with E-state index in [0.29, 0.717) is 0 Å². The predicted molar refractivity (Wildman–Crippen MR) is 47.7 cm³/mol. The van der Waals surface area contributed by atoms with E-state index in [-0.39, 0.29) is 25.2 Å². The summed E-state index contributed by atoms with van der Waals surface area (Å²) < 4.78 is 13.1. The minimum atomic E-state index is -0.618. The molecule has 5 heteroatoms. The number of amides is 1. The van der Waals surface area contributed by atoms with Gasteiger partial charge in [-0.15, -0.1) is 0 Å². The maximum absolute atomic E-state index is 13.1. The molecule has 0 aliphatic heterocycles. The van der Waals surface area contributed by atoms with Gasteiger partial charge >= 0.3 is 0 Å². The molecule has 0 radical (unpaired) electrons. The molecule has 0 aromatic heterocycles. The summed E-state index contributed by atoms with van der Waals surface area (Å²) >= 11 is 0. The second-order valence-electron chi connectivity index (χ2n) is 2.99. The zero-order valence-electron chi connectivity index (χ0n) is 7.84. The summed E-state index contributed by atoms with van der Waals surface area (Å²) in [5, 5.41) is 8.36. The fourth-order valence-corrected chi connectivity index (χ4v) is 1.12. The molecule has 1 amide bonds. The number of rotatable bonds is 4. The molecule has 0 aromatic rings. The van der Waals surface area contributed by atoms with Crippen LogP contribution in [0.4, 0.5) is 4.39 Å². The maximum Gasteiger partial charge on any atom is 0.277 e. The van der Waals surface area contributed by atoms with Crippen LogP contribution in [0.5, 0.6) is 0 Å². The van der Waals surface area contributed by atoms with E-state index >= 15 is 0 Å². The van der Waals surface area contributed by atoms with E-state index in [4.69, 9.17) is 5.11 Å². The SMILES string of the molecule is CC1=CC(C(=O)NOCCO)=C(F)C1. The zero-order valence-corrected chi connectivity index (χ0v) is 7.84. The number of hydroxylamine groups is 1. The Labute approximate surface area is 81.0 Å². The lowest BCUT2D eigenvalue weighted by Gasteiger charge is -2.03. The summed E-state index contributed by atoms with van der Waals surface area (Å²) in [7, 11) is 0. The summed E-state index contributed by atoms with van der Waals surface area (Å²) in [6.45, 7) is 1.54. The van der Waals surface area contributed by atoms with Gasteiger partial charge in [0.1, 0.15) is 5.83 Å². The molecule has 0 saturated carbocycles. The standard InChI is InChI=1S/C9H12FNO3/c1-6-4-7(8(10)5-6)9(13)11-14-3-2-12/h4,12H,2-3,5H2,1H3,(H,11,13). The van der Waals surface area contributed by atoms with E-state index in [1.54, 1.807) is 6.92 Å². The Morgan fingerprint density at radius 3 is 3.00 bits per heavy atom. The van der Waals surface area contributed by atoms with Gasteiger partial charge in [-0.1, -0.05) is 5.57 Å². The molecule has 0 atom stereocenters. The second-order valence-corrected chi connectivity index (χ2v) is 2.99. The molecule has 0 aromatic carbocycles. The van der Waals surface area contributed by atoms with Crippen molar-refractivity contribution in [2.24, 2.45) is 0 Å². The summed E-state index contributed by atoms with van der Waals surface area (Å²) in [6.07, 6.45) is 1.66. The van der Waals surface area contributed by atoms with Crippen molar-refractivity contribution in [3.63, 3.8) is 0 Å². The molecule has 4 nitrogen and oxygen atoms in total. The number of allylic oxidation sites excluding steroid dienone is 2. The summed E-state index contributed by atoms with van der Waals surface area (Å²) in [5.41, 5.74) is 2.84. The Kier molecular flexibility index (Phi) is 3.79. The van der Waals surface area contributed by atoms with Gasteiger partial charge in [0.05, 0.1) is 18.8 Å². The van der Waals surface area contributed by atoms with Crippen LogP contribution in [0.3, 0.4) is 0 Å². The minimum Gasteiger partial charge on any atom is -0.394 e. The van der Waals surface area contributed by atoms with Gasteiger partial charge in [0.15, 0.2) is 0 Å². The number of carbonyl (C=O) groups excluding carboxylic acids is 1. The quantitative estimate of drug-likeness (QED) is 0.517. The molecular weight excluding hydrogens is 189 g/mol. The van der Waals surface area contributed by atoms with Crippen molar-refractivity contribution in [2.45, 2.75) is 13.3 Å². The fourth-order valence-electron chi connectivity index (χ4n) is 1.12. The molecule has 0 fully saturated rings. The molecule has 0 saturated heterocycles. The normalized spacial score (nSPS) is 15.8. The van der Waals surface area contributed by atoms with Crippen molar-refractivity contribution < 1.29 is 19.1 Å². The van der Waals surface area contributed by atoms with Crippen LogP contribution in [-0.2, 0) is 9.63 Å². The van der Waals surface area contributed by atoms with Crippen molar-refractivity contribution >= 4 is 5.91 Å². The Bertz CT molecular complexity index is 296. The van der Waals surface area contributed by atoms with Crippen molar-refractivity contribution in [1.82, 2.24) is 5.48 Å². The van der Waals surface area contributed by atoms with Crippen molar-refractivity contribution in [3.05, 3.63) is 23.0 Å². The largest absolute Gasteiger partial charge is 0.394 e. The first kappa shape index (κ1) is 10.9. The number of hydrogen-bond acceptors (Lipinski definition) is 3. The third-order valence-electron chi connectivity index (χ3n) is 1.72. The number of nitrogens with one attached hydrogen (secondary N) is 1. The molecule has 14 heavy (non-hydrogen) atoms. The molecule has 0 spiro atoms. The highest BCUT2D eigenvalue weighted by Gasteiger charge is 2.19. The average molecular weight is 201 g/mol. The van der Waals surface area contributed by atoms with Crippen LogP contribution in [0.2, 0.25) is 0 Å². The van der Waals surface area contributed by atoms with E-state index < -0.39 is 11.7 Å². The van der Waals surface area contributed by atoms with Gasteiger partial charge in [-0.05, 0) is 13.0 Å². The fraction of sp³-hybridized carbons (Fsp3) is 0.444. The van der Waals surface area contributed by atoms with Crippen LogP contribution < -0.4 is 5.48 Å². The van der Waals surface area contributed by atoms with Crippen LogP contribution in [-0.4, -0.2) is 24.2 Å². The molecule has 0 unspecified atom stereocenters. The van der Waals surface area contributed by atoms with Gasteiger partial charge < -0.3 is 5.11 Å². The van der Waals surface area contributed by atoms with Crippen molar-refractivity contribution in [1.29, 1.82) is 0 Å². The number of carbonyl (C=O) groups is 1. The smallest absolute Gasteiger partial charge is 0.277 e. The van der Waals surface area contributed by atoms with E-state index in [1.165, 1.54) is 6.08 Å². The summed E-state index contributed by atoms with van der Waals surface area (Å²) in [4.78, 5) is 15.8. The molecular formula is C9H12FNO3. The Balaban J connectivity index is 2.48. The van der Waals surface area contributed by atoms with E-state index in [9.17, 15) is 9.18 Å². The van der Waals surface area contributed by atoms with Crippen LogP contribution in [0, 0.1) is 0 Å². The number of hydrogen-bond donors (Lipinski definition) is 2. The van der Waals surface area contributed by atoms with Crippen molar-refractivity contribution in [3.8, 4) is 0 Å². The van der Waals surface area contributed by atoms with Crippen LogP contribution in [0.25, 0.3) is 0 Å². The molecule has 0 heterocycles. The van der Waals surface area contributed by atoms with Gasteiger partial charge in [0.2, 0.25) is 0 Å². The maximum atomic E-state index is 13.1. The summed E-state index contributed by atoms with van der Waals surface area (Å²) in [5.74, 6) is -1.07. The van der Waals surface area contributed by atoms with Gasteiger partial charge in [-0.2, -0.15) is 0 Å². The molecule has 2 N–H and O–H groups in total. The van der Waals surface area contributed by atoms with Crippen molar-refractivity contribution in [2.75, 3.05) is 13.2 Å². The van der Waals surface area contributed by atoms with Gasteiger partial charge in [-0.3, -0.25) is 9.63 Å². The molecule has 1 rings (SSSR count). The van der Waals surface area contributed by atoms with E-state index in [1.807, 2.05) is 5.48 Å². The first-order valence-electron chi connectivity index (χ1n) is 4.24. The highest BCUT2D eigenvalue weighted by Crippen LogP contribution is 2.25. The van der Waals surface area contributed by atoms with Crippen LogP contribution >= 0.6 is 0 Å². The van der Waals surface area contributed by atoms with Gasteiger partial charge in [-0.25, -0.2) is 9.87 Å². The van der Waals surface area contributed by atoms with Gasteiger partial charge in [0, 0.05) is 6.42 Å². The lowest BCUT2D eigenvalue weighted by molar-refractivity contribution is -0.130.